The minimum absolute atomic E-state index is 0.0493. The standard InChI is InChI=1S/C23H27F4N7O2.C2H6/c1-5-13(2)34(22-30-18(12-28)20(21(29)31-22)33(3)23(35)36-4)32-14(7-6-10-24)11-15-16(25)8-9-17(26)19(15)27;1-2/h5-6,8-10,13H,1,7,11-12,28H2,2-4H3,(H2,29,30,31);1-2H3/b10-6+,32-14+;. The first kappa shape index (κ1) is 32.0. The summed E-state index contributed by atoms with van der Waals surface area (Å²) >= 11 is 0. The lowest BCUT2D eigenvalue weighted by atomic mass is 10.0. The Morgan fingerprint density at radius 2 is 1.87 bits per heavy atom. The number of hydrogen-bond donors (Lipinski definition) is 2. The van der Waals surface area contributed by atoms with Gasteiger partial charge in [-0.1, -0.05) is 26.0 Å². The van der Waals surface area contributed by atoms with E-state index in [0.29, 0.717) is 6.07 Å². The number of amides is 1. The molecule has 13 heteroatoms. The summed E-state index contributed by atoms with van der Waals surface area (Å²) in [6.07, 6.45) is 1.40. The number of benzene rings is 1. The van der Waals surface area contributed by atoms with Gasteiger partial charge >= 0.3 is 6.09 Å². The summed E-state index contributed by atoms with van der Waals surface area (Å²) in [5.41, 5.74) is 11.7. The van der Waals surface area contributed by atoms with Crippen molar-refractivity contribution < 1.29 is 27.1 Å². The monoisotopic (exact) mass is 539 g/mol. The summed E-state index contributed by atoms with van der Waals surface area (Å²) in [7, 11) is 2.58. The number of ether oxygens (including phenoxy) is 1. The molecule has 0 saturated carbocycles. The topological polar surface area (TPSA) is 123 Å². The van der Waals surface area contributed by atoms with Gasteiger partial charge in [0, 0.05) is 37.7 Å². The van der Waals surface area contributed by atoms with Gasteiger partial charge in [0.2, 0.25) is 5.95 Å². The number of carbonyl (C=O) groups excluding carboxylic acids is 1. The summed E-state index contributed by atoms with van der Waals surface area (Å²) in [5.74, 6) is -3.81. The molecule has 1 atom stereocenters. The van der Waals surface area contributed by atoms with Crippen LogP contribution in [0.15, 0.2) is 42.3 Å². The first-order valence-electron chi connectivity index (χ1n) is 11.6. The number of carbonyl (C=O) groups is 1. The van der Waals surface area contributed by atoms with Crippen molar-refractivity contribution in [1.82, 2.24) is 9.97 Å². The highest BCUT2D eigenvalue weighted by Crippen LogP contribution is 2.28. The maximum absolute atomic E-state index is 14.3. The van der Waals surface area contributed by atoms with Crippen LogP contribution in [0.3, 0.4) is 0 Å². The fraction of sp³-hybridized carbons (Fsp3) is 0.360. The quantitative estimate of drug-likeness (QED) is 0.143. The SMILES string of the molecule is C=CC(C)N(/N=C(\C/C=C/F)Cc1c(F)ccc(F)c1F)c1nc(N)c(N(C)C(=O)OC)c(CN)n1.CC. The number of nitrogen functional groups attached to an aromatic ring is 1. The van der Waals surface area contributed by atoms with Gasteiger partial charge in [-0.15, -0.1) is 6.58 Å². The molecule has 208 valence electrons. The van der Waals surface area contributed by atoms with E-state index >= 15 is 0 Å². The maximum Gasteiger partial charge on any atom is 0.413 e. The molecule has 4 N–H and O–H groups in total. The normalized spacial score (nSPS) is 12.0. The lowest BCUT2D eigenvalue weighted by Crippen LogP contribution is -2.33. The van der Waals surface area contributed by atoms with E-state index in [9.17, 15) is 22.4 Å². The lowest BCUT2D eigenvalue weighted by Gasteiger charge is -2.26. The van der Waals surface area contributed by atoms with Crippen LogP contribution in [0.1, 0.15) is 38.4 Å². The second-order valence-electron chi connectivity index (χ2n) is 7.49. The Kier molecular flexibility index (Phi) is 12.9. The van der Waals surface area contributed by atoms with Crippen molar-refractivity contribution >= 4 is 29.3 Å². The fourth-order valence-corrected chi connectivity index (χ4v) is 3.18. The van der Waals surface area contributed by atoms with E-state index < -0.39 is 41.6 Å². The summed E-state index contributed by atoms with van der Waals surface area (Å²) in [6, 6.07) is 0.857. The zero-order valence-electron chi connectivity index (χ0n) is 22.0. The number of halogens is 4. The molecule has 1 heterocycles. The van der Waals surface area contributed by atoms with Crippen LogP contribution in [0.25, 0.3) is 0 Å². The third-order valence-corrected chi connectivity index (χ3v) is 5.09. The number of hydrogen-bond acceptors (Lipinski definition) is 8. The smallest absolute Gasteiger partial charge is 0.413 e. The second-order valence-corrected chi connectivity index (χ2v) is 7.49. The molecule has 0 bridgehead atoms. The van der Waals surface area contributed by atoms with E-state index in [2.05, 4.69) is 21.6 Å². The molecule has 0 aliphatic heterocycles. The average Bonchev–Trinajstić information content (AvgIpc) is 2.93. The minimum Gasteiger partial charge on any atom is -0.452 e. The summed E-state index contributed by atoms with van der Waals surface area (Å²) in [5, 5.41) is 5.62. The Bertz CT molecular complexity index is 1170. The van der Waals surface area contributed by atoms with Crippen molar-refractivity contribution in [3.8, 4) is 0 Å². The Hall–Kier alpha value is -4.00. The molecular weight excluding hydrogens is 506 g/mol. The van der Waals surface area contributed by atoms with Crippen molar-refractivity contribution in [2.45, 2.75) is 46.2 Å². The van der Waals surface area contributed by atoms with Crippen LogP contribution < -0.4 is 21.4 Å². The molecule has 0 saturated heterocycles. The number of aromatic nitrogens is 2. The average molecular weight is 540 g/mol. The predicted molar refractivity (Wildman–Crippen MR) is 141 cm³/mol. The van der Waals surface area contributed by atoms with Crippen molar-refractivity contribution in [3.63, 3.8) is 0 Å². The van der Waals surface area contributed by atoms with Gasteiger partial charge in [0.25, 0.3) is 0 Å². The van der Waals surface area contributed by atoms with E-state index in [1.807, 2.05) is 13.8 Å². The van der Waals surface area contributed by atoms with Crippen LogP contribution in [-0.2, 0) is 17.7 Å². The van der Waals surface area contributed by atoms with Crippen LogP contribution >= 0.6 is 0 Å². The van der Waals surface area contributed by atoms with Gasteiger partial charge in [-0.2, -0.15) is 10.1 Å². The van der Waals surface area contributed by atoms with Gasteiger partial charge in [0.15, 0.2) is 17.5 Å². The van der Waals surface area contributed by atoms with Crippen molar-refractivity contribution in [2.24, 2.45) is 10.8 Å². The molecule has 2 rings (SSSR count). The zero-order valence-corrected chi connectivity index (χ0v) is 22.0. The van der Waals surface area contributed by atoms with Gasteiger partial charge in [-0.25, -0.2) is 32.3 Å². The second kappa shape index (κ2) is 15.3. The Morgan fingerprint density at radius 3 is 2.42 bits per heavy atom. The van der Waals surface area contributed by atoms with E-state index in [1.165, 1.54) is 25.2 Å². The number of nitrogens with zero attached hydrogens (tertiary/aromatic N) is 5. The molecule has 38 heavy (non-hydrogen) atoms. The van der Waals surface area contributed by atoms with E-state index in [4.69, 9.17) is 16.2 Å². The van der Waals surface area contributed by atoms with Crippen molar-refractivity contribution in [2.75, 3.05) is 29.8 Å². The number of rotatable bonds is 10. The molecule has 0 aliphatic rings. The molecule has 1 unspecified atom stereocenters. The molecule has 2 aromatic rings. The highest BCUT2D eigenvalue weighted by molar-refractivity contribution is 5.91. The van der Waals surface area contributed by atoms with Crippen molar-refractivity contribution in [3.05, 3.63) is 65.9 Å². The van der Waals surface area contributed by atoms with E-state index in [0.717, 1.165) is 17.0 Å². The van der Waals surface area contributed by atoms with Gasteiger partial charge in [-0.05, 0) is 19.1 Å². The molecule has 0 spiro atoms. The summed E-state index contributed by atoms with van der Waals surface area (Å²) in [4.78, 5) is 21.6. The molecule has 9 nitrogen and oxygen atoms in total. The molecule has 1 amide bonds. The number of nitrogens with two attached hydrogens (primary N) is 2. The van der Waals surface area contributed by atoms with Gasteiger partial charge < -0.3 is 16.2 Å². The van der Waals surface area contributed by atoms with Crippen LogP contribution in [-0.4, -0.2) is 42.0 Å². The first-order chi connectivity index (χ1) is 18.1. The van der Waals surface area contributed by atoms with E-state index in [-0.39, 0.29) is 48.2 Å². The summed E-state index contributed by atoms with van der Waals surface area (Å²) in [6.45, 7) is 9.23. The summed E-state index contributed by atoms with van der Waals surface area (Å²) < 4.78 is 59.8. The zero-order chi connectivity index (χ0) is 29.0. The Balaban J connectivity index is 0.00000352. The molecule has 1 aromatic heterocycles. The largest absolute Gasteiger partial charge is 0.452 e. The third kappa shape index (κ3) is 7.75. The minimum atomic E-state index is -1.38. The van der Waals surface area contributed by atoms with Gasteiger partial charge in [0.05, 0.1) is 25.2 Å². The Morgan fingerprint density at radius 1 is 1.24 bits per heavy atom. The Labute approximate surface area is 219 Å². The molecule has 1 aromatic carbocycles. The fourth-order valence-electron chi connectivity index (χ4n) is 3.18. The third-order valence-electron chi connectivity index (χ3n) is 5.09. The molecule has 0 fully saturated rings. The molecule has 0 aliphatic carbocycles. The highest BCUT2D eigenvalue weighted by Gasteiger charge is 2.25. The van der Waals surface area contributed by atoms with Crippen LogP contribution in [0.5, 0.6) is 0 Å². The number of allylic oxidation sites excluding steroid dienone is 1. The highest BCUT2D eigenvalue weighted by atomic mass is 19.2. The number of anilines is 3. The molecular formula is C25H33F4N7O2. The first-order valence-corrected chi connectivity index (χ1v) is 11.6. The van der Waals surface area contributed by atoms with Crippen LogP contribution in [0.2, 0.25) is 0 Å². The number of methoxy groups -OCH3 is 1. The van der Waals surface area contributed by atoms with Gasteiger partial charge in [0.1, 0.15) is 11.5 Å². The van der Waals surface area contributed by atoms with Gasteiger partial charge in [-0.3, -0.25) is 4.90 Å². The molecule has 0 radical (unpaired) electrons. The van der Waals surface area contributed by atoms with Crippen LogP contribution in [0.4, 0.5) is 39.8 Å². The maximum atomic E-state index is 14.3. The number of hydrazone groups is 1. The predicted octanol–water partition coefficient (Wildman–Crippen LogP) is 5.02. The van der Waals surface area contributed by atoms with E-state index in [1.54, 1.807) is 6.92 Å². The van der Waals surface area contributed by atoms with Crippen molar-refractivity contribution in [1.29, 1.82) is 0 Å². The lowest BCUT2D eigenvalue weighted by molar-refractivity contribution is 0.180. The van der Waals surface area contributed by atoms with Crippen LogP contribution in [0, 0.1) is 17.5 Å².